The Bertz CT molecular complexity index is 954. The molecule has 2 heterocycles. The van der Waals surface area contributed by atoms with Gasteiger partial charge in [-0.25, -0.2) is 4.98 Å². The molecule has 28 heavy (non-hydrogen) atoms. The molecule has 10 heteroatoms. The highest BCUT2D eigenvalue weighted by molar-refractivity contribution is 6.30. The molecular weight excluding hydrogens is 410 g/mol. The maximum absolute atomic E-state index is 13.9. The van der Waals surface area contributed by atoms with Crippen molar-refractivity contribution in [1.82, 2.24) is 4.98 Å². The van der Waals surface area contributed by atoms with Gasteiger partial charge < -0.3 is 4.84 Å². The first-order chi connectivity index (χ1) is 12.8. The minimum atomic E-state index is -5.08. The highest BCUT2D eigenvalue weighted by atomic mass is 35.5. The van der Waals surface area contributed by atoms with Gasteiger partial charge in [0.05, 0.1) is 17.8 Å². The molecule has 3 rings (SSSR count). The number of nitrogens with zero attached hydrogens (tertiary/aromatic N) is 2. The van der Waals surface area contributed by atoms with Gasteiger partial charge in [0.2, 0.25) is 0 Å². The number of oxime groups is 1. The third-order valence-corrected chi connectivity index (χ3v) is 4.74. The van der Waals surface area contributed by atoms with Gasteiger partial charge in [-0.15, -0.1) is 0 Å². The predicted octanol–water partition coefficient (Wildman–Crippen LogP) is 5.95. The molecule has 1 aliphatic heterocycles. The first-order valence-electron chi connectivity index (χ1n) is 7.98. The van der Waals surface area contributed by atoms with E-state index >= 15 is 0 Å². The second-order valence-electron chi connectivity index (χ2n) is 6.48. The zero-order valence-corrected chi connectivity index (χ0v) is 15.3. The van der Waals surface area contributed by atoms with E-state index in [9.17, 15) is 26.3 Å². The molecule has 0 spiro atoms. The molecule has 0 saturated heterocycles. The number of benzene rings is 1. The number of aryl methyl sites for hydroxylation is 2. The molecule has 2 aromatic rings. The lowest BCUT2D eigenvalue weighted by Gasteiger charge is -2.29. The van der Waals surface area contributed by atoms with Gasteiger partial charge in [-0.05, 0) is 48.7 Å². The molecule has 1 aliphatic rings. The fourth-order valence-corrected chi connectivity index (χ4v) is 3.00. The smallest absolute Gasteiger partial charge is 0.372 e. The van der Waals surface area contributed by atoms with Gasteiger partial charge in [0.15, 0.2) is 0 Å². The second-order valence-corrected chi connectivity index (χ2v) is 6.92. The molecule has 0 fully saturated rings. The van der Waals surface area contributed by atoms with E-state index in [4.69, 9.17) is 16.4 Å². The monoisotopic (exact) mass is 422 g/mol. The van der Waals surface area contributed by atoms with Crippen molar-refractivity contribution in [2.24, 2.45) is 5.16 Å². The molecule has 1 aromatic heterocycles. The van der Waals surface area contributed by atoms with Gasteiger partial charge in [-0.1, -0.05) is 28.9 Å². The summed E-state index contributed by atoms with van der Waals surface area (Å²) < 4.78 is 80.8. The van der Waals surface area contributed by atoms with Crippen molar-refractivity contribution in [1.29, 1.82) is 0 Å². The number of hydrogen-bond acceptors (Lipinski definition) is 3. The van der Waals surface area contributed by atoms with Crippen LogP contribution in [0.25, 0.3) is 0 Å². The standard InChI is InChI=1S/C18H13ClF6N2O/c1-9-3-4-11(5-10(9)2)13-8-16(28-27-13,18(23,24)25)14-6-12(19)7-15(26-14)17(20,21)22/h3-7H,8H2,1-2H3. The third-order valence-electron chi connectivity index (χ3n) is 4.52. The first kappa shape index (κ1) is 20.4. The van der Waals surface area contributed by atoms with Gasteiger partial charge in [-0.2, -0.15) is 26.3 Å². The zero-order chi connectivity index (χ0) is 20.9. The van der Waals surface area contributed by atoms with Gasteiger partial charge in [0, 0.05) is 5.02 Å². The van der Waals surface area contributed by atoms with Crippen molar-refractivity contribution in [3.8, 4) is 0 Å². The quantitative estimate of drug-likeness (QED) is 0.560. The van der Waals surface area contributed by atoms with E-state index in [0.29, 0.717) is 17.7 Å². The largest absolute Gasteiger partial charge is 0.437 e. The fourth-order valence-electron chi connectivity index (χ4n) is 2.79. The van der Waals surface area contributed by atoms with Crippen LogP contribution in [0.5, 0.6) is 0 Å². The van der Waals surface area contributed by atoms with E-state index < -0.39 is 40.8 Å². The summed E-state index contributed by atoms with van der Waals surface area (Å²) in [6.07, 6.45) is -10.9. The minimum Gasteiger partial charge on any atom is -0.372 e. The van der Waals surface area contributed by atoms with E-state index in [0.717, 1.165) is 11.1 Å². The van der Waals surface area contributed by atoms with Crippen LogP contribution in [0.4, 0.5) is 26.3 Å². The van der Waals surface area contributed by atoms with Crippen LogP contribution in [0.3, 0.4) is 0 Å². The summed E-state index contributed by atoms with van der Waals surface area (Å²) in [5, 5.41) is 2.99. The molecule has 3 nitrogen and oxygen atoms in total. The normalized spacial score (nSPS) is 20.1. The molecule has 0 radical (unpaired) electrons. The Hall–Kier alpha value is -2.29. The Balaban J connectivity index is 2.08. The average Bonchev–Trinajstić information content (AvgIpc) is 3.02. The van der Waals surface area contributed by atoms with Gasteiger partial charge in [0.1, 0.15) is 5.69 Å². The maximum Gasteiger partial charge on any atom is 0.437 e. The Kier molecular flexibility index (Phi) is 4.85. The molecule has 0 N–H and O–H groups in total. The number of alkyl halides is 6. The van der Waals surface area contributed by atoms with Crippen molar-refractivity contribution < 1.29 is 31.2 Å². The predicted molar refractivity (Wildman–Crippen MR) is 90.1 cm³/mol. The topological polar surface area (TPSA) is 34.5 Å². The van der Waals surface area contributed by atoms with Crippen LogP contribution in [0.2, 0.25) is 5.02 Å². The minimum absolute atomic E-state index is 0.0456. The zero-order valence-electron chi connectivity index (χ0n) is 14.5. The number of pyridine rings is 1. The maximum atomic E-state index is 13.9. The Morgan fingerprint density at radius 1 is 1.00 bits per heavy atom. The van der Waals surface area contributed by atoms with Crippen LogP contribution in [0, 0.1) is 13.8 Å². The highest BCUT2D eigenvalue weighted by Crippen LogP contribution is 2.49. The summed E-state index contributed by atoms with van der Waals surface area (Å²) in [6.45, 7) is 3.61. The lowest BCUT2D eigenvalue weighted by atomic mass is 9.89. The van der Waals surface area contributed by atoms with E-state index in [1.54, 1.807) is 25.1 Å². The summed E-state index contributed by atoms with van der Waals surface area (Å²) in [5.74, 6) is 0. The SMILES string of the molecule is Cc1ccc(C2=NOC(c3cc(Cl)cc(C(F)(F)F)n3)(C(F)(F)F)C2)cc1C. The molecule has 1 aromatic carbocycles. The van der Waals surface area contributed by atoms with Crippen LogP contribution < -0.4 is 0 Å². The molecule has 1 atom stereocenters. The summed E-state index contributed by atoms with van der Waals surface area (Å²) in [7, 11) is 0. The molecule has 150 valence electrons. The summed E-state index contributed by atoms with van der Waals surface area (Å²) in [4.78, 5) is 7.88. The lowest BCUT2D eigenvalue weighted by Crippen LogP contribution is -2.43. The van der Waals surface area contributed by atoms with Crippen LogP contribution in [0.15, 0.2) is 35.5 Å². The van der Waals surface area contributed by atoms with E-state index in [1.807, 2.05) is 6.92 Å². The van der Waals surface area contributed by atoms with E-state index in [-0.39, 0.29) is 5.71 Å². The highest BCUT2D eigenvalue weighted by Gasteiger charge is 2.63. The van der Waals surface area contributed by atoms with Gasteiger partial charge >= 0.3 is 12.4 Å². The third kappa shape index (κ3) is 3.55. The molecule has 0 aliphatic carbocycles. The molecular formula is C18H13ClF6N2O. The number of halogens is 7. The second kappa shape index (κ2) is 6.65. The van der Waals surface area contributed by atoms with Crippen molar-refractivity contribution in [2.45, 2.75) is 38.2 Å². The van der Waals surface area contributed by atoms with Crippen LogP contribution in [-0.4, -0.2) is 16.9 Å². The Morgan fingerprint density at radius 2 is 1.68 bits per heavy atom. The summed E-state index contributed by atoms with van der Waals surface area (Å²) >= 11 is 5.64. The Labute approximate surface area is 161 Å². The lowest BCUT2D eigenvalue weighted by molar-refractivity contribution is -0.277. The molecule has 0 amide bonds. The molecule has 0 bridgehead atoms. The fraction of sp³-hybridized carbons (Fsp3) is 0.333. The Morgan fingerprint density at radius 3 is 2.25 bits per heavy atom. The van der Waals surface area contributed by atoms with Crippen LogP contribution >= 0.6 is 11.6 Å². The average molecular weight is 423 g/mol. The van der Waals surface area contributed by atoms with Crippen molar-refractivity contribution in [2.75, 3.05) is 0 Å². The van der Waals surface area contributed by atoms with E-state index in [2.05, 4.69) is 10.1 Å². The van der Waals surface area contributed by atoms with Crippen LogP contribution in [0.1, 0.15) is 34.5 Å². The van der Waals surface area contributed by atoms with Crippen molar-refractivity contribution in [3.63, 3.8) is 0 Å². The van der Waals surface area contributed by atoms with Gasteiger partial charge in [0.25, 0.3) is 5.60 Å². The van der Waals surface area contributed by atoms with Crippen LogP contribution in [-0.2, 0) is 16.6 Å². The summed E-state index contributed by atoms with van der Waals surface area (Å²) in [6, 6.07) is 6.08. The number of aromatic nitrogens is 1. The van der Waals surface area contributed by atoms with Crippen molar-refractivity contribution >= 4 is 17.3 Å². The van der Waals surface area contributed by atoms with Crippen molar-refractivity contribution in [3.05, 3.63) is 63.4 Å². The number of hydrogen-bond donors (Lipinski definition) is 0. The molecule has 0 saturated carbocycles. The van der Waals surface area contributed by atoms with Gasteiger partial charge in [-0.3, -0.25) is 0 Å². The summed E-state index contributed by atoms with van der Waals surface area (Å²) in [5.41, 5.74) is -3.61. The van der Waals surface area contributed by atoms with E-state index in [1.165, 1.54) is 0 Å². The molecule has 1 unspecified atom stereocenters. The first-order valence-corrected chi connectivity index (χ1v) is 8.36. The number of rotatable bonds is 2.